The van der Waals surface area contributed by atoms with E-state index in [2.05, 4.69) is 5.73 Å². The lowest BCUT2D eigenvalue weighted by atomic mass is 10.7. The van der Waals surface area contributed by atoms with E-state index >= 15 is 0 Å². The largest absolute Gasteiger partial charge is 0.318 e. The molecule has 0 aromatic rings. The van der Waals surface area contributed by atoms with Gasteiger partial charge in [0.05, 0.1) is 0 Å². The first-order valence-electron chi connectivity index (χ1n) is 1.08. The number of nitrogens with two attached hydrogens (primary N) is 1. The van der Waals surface area contributed by atoms with Gasteiger partial charge in [0.2, 0.25) is 0 Å². The molecular formula is C2H4N2O. The zero-order valence-corrected chi connectivity index (χ0v) is 2.56. The summed E-state index contributed by atoms with van der Waals surface area (Å²) in [5, 5.41) is 0. The third-order valence-corrected chi connectivity index (χ3v) is 0.151. The molecule has 0 spiro atoms. The molecule has 3 nitrogen and oxygen atoms in total. The quantitative estimate of drug-likeness (QED) is 0.428. The van der Waals surface area contributed by atoms with Crippen LogP contribution in [-0.4, -0.2) is 5.91 Å². The van der Waals surface area contributed by atoms with Crippen molar-refractivity contribution in [3.63, 3.8) is 0 Å². The van der Waals surface area contributed by atoms with Gasteiger partial charge in [-0.2, -0.15) is 0 Å². The first kappa shape index (κ1) is 4.43. The van der Waals surface area contributed by atoms with Gasteiger partial charge in [0.25, 0.3) is 5.91 Å². The Labute approximate surface area is 29.9 Å². The summed E-state index contributed by atoms with van der Waals surface area (Å²) >= 11 is 0. The molecule has 0 bridgehead atoms. The predicted octanol–water partition coefficient (Wildman–Crippen LogP) is -1.08. The average molecular weight is 72.1 g/mol. The minimum absolute atomic E-state index is 0.694. The molecule has 28 valence electrons. The normalized spacial score (nSPS) is 7.40. The van der Waals surface area contributed by atoms with Crippen LogP contribution in [-0.2, 0) is 4.79 Å². The Morgan fingerprint density at radius 1 is 2.00 bits per heavy atom. The summed E-state index contributed by atoms with van der Waals surface area (Å²) in [7, 11) is 0. The number of nitrogens with one attached hydrogen (secondary N) is 1. The molecule has 3 N–H and O–H groups in total. The minimum Gasteiger partial charge on any atom is -0.318 e. The number of hydrogen-bond donors (Lipinski definition) is 1. The molecule has 0 saturated carbocycles. The van der Waals surface area contributed by atoms with E-state index in [0.29, 0.717) is 6.54 Å². The predicted molar refractivity (Wildman–Crippen MR) is 16.6 cm³/mol. The zero-order chi connectivity index (χ0) is 4.28. The second-order valence-corrected chi connectivity index (χ2v) is 0.531. The minimum atomic E-state index is -0.843. The summed E-state index contributed by atoms with van der Waals surface area (Å²) < 4.78 is 0. The van der Waals surface area contributed by atoms with Gasteiger partial charge in [-0.25, -0.2) is 0 Å². The number of amides is 1. The van der Waals surface area contributed by atoms with Crippen molar-refractivity contribution in [1.29, 1.82) is 0 Å². The SMILES string of the molecule is [NH]C(=O)[CH]N. The van der Waals surface area contributed by atoms with E-state index < -0.39 is 5.91 Å². The van der Waals surface area contributed by atoms with Crippen LogP contribution in [0.3, 0.4) is 0 Å². The molecular weight excluding hydrogens is 68.0 g/mol. The number of rotatable bonds is 1. The van der Waals surface area contributed by atoms with Gasteiger partial charge < -0.3 is 5.73 Å². The van der Waals surface area contributed by atoms with Crippen LogP contribution in [0.15, 0.2) is 0 Å². The topological polar surface area (TPSA) is 66.9 Å². The van der Waals surface area contributed by atoms with Crippen molar-refractivity contribution in [2.24, 2.45) is 5.73 Å². The second kappa shape index (κ2) is 1.72. The molecule has 0 rings (SSSR count). The van der Waals surface area contributed by atoms with E-state index in [1.165, 1.54) is 0 Å². The van der Waals surface area contributed by atoms with E-state index in [9.17, 15) is 4.79 Å². The van der Waals surface area contributed by atoms with Crippen molar-refractivity contribution >= 4 is 5.91 Å². The van der Waals surface area contributed by atoms with Crippen LogP contribution in [0.1, 0.15) is 0 Å². The van der Waals surface area contributed by atoms with Crippen LogP contribution in [0.25, 0.3) is 0 Å². The Morgan fingerprint density at radius 2 is 2.20 bits per heavy atom. The van der Waals surface area contributed by atoms with Crippen molar-refractivity contribution in [3.05, 3.63) is 6.54 Å². The summed E-state index contributed by atoms with van der Waals surface area (Å²) in [6.07, 6.45) is 0. The first-order chi connectivity index (χ1) is 2.27. The fraction of sp³-hybridized carbons (Fsp3) is 0. The maximum Gasteiger partial charge on any atom is 0.257 e. The molecule has 1 amide bonds. The smallest absolute Gasteiger partial charge is 0.257 e. The monoisotopic (exact) mass is 72.0 g/mol. The lowest BCUT2D eigenvalue weighted by molar-refractivity contribution is -0.115. The summed E-state index contributed by atoms with van der Waals surface area (Å²) in [5.74, 6) is -0.843. The highest BCUT2D eigenvalue weighted by Crippen LogP contribution is 1.50. The van der Waals surface area contributed by atoms with Crippen molar-refractivity contribution in [1.82, 2.24) is 5.73 Å². The van der Waals surface area contributed by atoms with Crippen LogP contribution in [0.4, 0.5) is 0 Å². The van der Waals surface area contributed by atoms with Crippen molar-refractivity contribution < 1.29 is 4.79 Å². The maximum atomic E-state index is 9.30. The van der Waals surface area contributed by atoms with Gasteiger partial charge in [-0.05, 0) is 0 Å². The molecule has 0 fully saturated rings. The van der Waals surface area contributed by atoms with Crippen LogP contribution in [0.2, 0.25) is 0 Å². The Bertz CT molecular complexity index is 42.9. The molecule has 0 atom stereocenters. The summed E-state index contributed by atoms with van der Waals surface area (Å²) in [4.78, 5) is 9.30. The van der Waals surface area contributed by atoms with Gasteiger partial charge in [-0.15, -0.1) is 0 Å². The number of carbonyl (C=O) groups is 1. The van der Waals surface area contributed by atoms with E-state index in [0.717, 1.165) is 0 Å². The molecule has 2 radical (unpaired) electrons. The molecule has 0 aliphatic heterocycles. The van der Waals surface area contributed by atoms with Gasteiger partial charge >= 0.3 is 0 Å². The van der Waals surface area contributed by atoms with E-state index in [1.54, 1.807) is 0 Å². The lowest BCUT2D eigenvalue weighted by Gasteiger charge is -1.70. The molecule has 0 heterocycles. The van der Waals surface area contributed by atoms with Crippen molar-refractivity contribution in [3.8, 4) is 0 Å². The van der Waals surface area contributed by atoms with Crippen molar-refractivity contribution in [2.45, 2.75) is 0 Å². The van der Waals surface area contributed by atoms with Crippen LogP contribution < -0.4 is 11.5 Å². The van der Waals surface area contributed by atoms with E-state index in [1.807, 2.05) is 0 Å². The number of carbonyl (C=O) groups excluding carboxylic acids is 1. The van der Waals surface area contributed by atoms with Gasteiger partial charge in [0, 0.05) is 0 Å². The third-order valence-electron chi connectivity index (χ3n) is 0.151. The highest BCUT2D eigenvalue weighted by atomic mass is 16.1. The van der Waals surface area contributed by atoms with Crippen molar-refractivity contribution in [2.75, 3.05) is 0 Å². The Kier molecular flexibility index (Phi) is 1.53. The van der Waals surface area contributed by atoms with E-state index in [-0.39, 0.29) is 0 Å². The third kappa shape index (κ3) is 3.43. The summed E-state index contributed by atoms with van der Waals surface area (Å²) in [5.41, 5.74) is 10.5. The summed E-state index contributed by atoms with van der Waals surface area (Å²) in [6.45, 7) is 0.694. The Hall–Kier alpha value is -0.570. The van der Waals surface area contributed by atoms with Crippen LogP contribution in [0.5, 0.6) is 0 Å². The number of hydrogen-bond acceptors (Lipinski definition) is 2. The van der Waals surface area contributed by atoms with Gasteiger partial charge in [-0.1, -0.05) is 0 Å². The Balaban J connectivity index is 2.85. The second-order valence-electron chi connectivity index (χ2n) is 0.531. The molecule has 0 aromatic carbocycles. The molecule has 0 aliphatic carbocycles. The molecule has 0 saturated heterocycles. The van der Waals surface area contributed by atoms with E-state index in [4.69, 9.17) is 5.73 Å². The highest BCUT2D eigenvalue weighted by Gasteiger charge is 1.80. The van der Waals surface area contributed by atoms with Gasteiger partial charge in [-0.3, -0.25) is 10.5 Å². The lowest BCUT2D eigenvalue weighted by Crippen LogP contribution is -2.05. The Morgan fingerprint density at radius 3 is 2.20 bits per heavy atom. The fourth-order valence-corrected chi connectivity index (χ4v) is 0. The fourth-order valence-electron chi connectivity index (χ4n) is 0. The molecule has 5 heavy (non-hydrogen) atoms. The average Bonchev–Trinajstić information content (AvgIpc) is 1.38. The molecule has 0 aliphatic rings. The van der Waals surface area contributed by atoms with Gasteiger partial charge in [0.15, 0.2) is 0 Å². The standard InChI is InChI=1S/C2H4N2O/c3-1-2(4)5/h1,4H,3H2. The van der Waals surface area contributed by atoms with Crippen LogP contribution >= 0.6 is 0 Å². The summed E-state index contributed by atoms with van der Waals surface area (Å²) in [6, 6.07) is 0. The first-order valence-corrected chi connectivity index (χ1v) is 1.08. The zero-order valence-electron chi connectivity index (χ0n) is 2.56. The van der Waals surface area contributed by atoms with Crippen LogP contribution in [0, 0.1) is 6.54 Å². The maximum absolute atomic E-state index is 9.30. The molecule has 3 heteroatoms. The highest BCUT2D eigenvalue weighted by molar-refractivity contribution is 5.80. The molecule has 0 unspecified atom stereocenters. The van der Waals surface area contributed by atoms with Gasteiger partial charge in [0.1, 0.15) is 6.54 Å². The molecule has 0 aromatic heterocycles.